The Morgan fingerprint density at radius 3 is 3.09 bits per heavy atom. The molecule has 0 radical (unpaired) electrons. The van der Waals surface area contributed by atoms with E-state index in [-0.39, 0.29) is 12.6 Å². The third kappa shape index (κ3) is 1.12. The Hall–Kier alpha value is -1.29. The van der Waals surface area contributed by atoms with Crippen molar-refractivity contribution >= 4 is 0 Å². The molecule has 0 atom stereocenters. The highest BCUT2D eigenvalue weighted by Crippen LogP contribution is 2.30. The first-order chi connectivity index (χ1) is 5.36. The van der Waals surface area contributed by atoms with Gasteiger partial charge in [-0.05, 0) is 12.1 Å². The van der Waals surface area contributed by atoms with Gasteiger partial charge in [0.1, 0.15) is 5.82 Å². The minimum atomic E-state index is -0.353. The van der Waals surface area contributed by atoms with Gasteiger partial charge in [-0.3, -0.25) is 0 Å². The second kappa shape index (κ2) is 2.39. The van der Waals surface area contributed by atoms with E-state index >= 15 is 0 Å². The Labute approximate surface area is 62.2 Å². The van der Waals surface area contributed by atoms with Gasteiger partial charge in [0.15, 0.2) is 5.75 Å². The molecule has 0 aliphatic carbocycles. The summed E-state index contributed by atoms with van der Waals surface area (Å²) in [6, 6.07) is 3.97. The molecular formula is C7H5FO3. The number of fused-ring (bicyclic) bond motifs is 1. The number of hydrogen-bond donors (Lipinski definition) is 0. The average molecular weight is 156 g/mol. The van der Waals surface area contributed by atoms with Crippen molar-refractivity contribution in [3.05, 3.63) is 24.0 Å². The second-order valence-electron chi connectivity index (χ2n) is 2.05. The molecule has 0 spiro atoms. The largest absolute Gasteiger partial charge is 0.459 e. The third-order valence-electron chi connectivity index (χ3n) is 1.32. The van der Waals surface area contributed by atoms with Gasteiger partial charge in [0.2, 0.25) is 12.5 Å². The molecule has 11 heavy (non-hydrogen) atoms. The molecule has 0 bridgehead atoms. The molecule has 1 aliphatic rings. The van der Waals surface area contributed by atoms with Gasteiger partial charge < -0.3 is 9.62 Å². The molecule has 0 fully saturated rings. The fourth-order valence-corrected chi connectivity index (χ4v) is 0.839. The molecule has 3 nitrogen and oxygen atoms in total. The first kappa shape index (κ1) is 6.42. The lowest BCUT2D eigenvalue weighted by molar-refractivity contribution is -0.263. The molecule has 0 aromatic heterocycles. The van der Waals surface area contributed by atoms with Crippen LogP contribution in [0.1, 0.15) is 0 Å². The summed E-state index contributed by atoms with van der Waals surface area (Å²) in [7, 11) is 0. The van der Waals surface area contributed by atoms with Crippen molar-refractivity contribution in [1.29, 1.82) is 0 Å². The van der Waals surface area contributed by atoms with Crippen LogP contribution in [0.5, 0.6) is 11.5 Å². The first-order valence-electron chi connectivity index (χ1n) is 3.08. The van der Waals surface area contributed by atoms with Crippen molar-refractivity contribution in [2.45, 2.75) is 0 Å². The first-order valence-corrected chi connectivity index (χ1v) is 3.08. The normalized spacial score (nSPS) is 14.6. The molecular weight excluding hydrogens is 151 g/mol. The number of rotatable bonds is 0. The van der Waals surface area contributed by atoms with Crippen LogP contribution in [0.15, 0.2) is 18.2 Å². The number of halogens is 1. The maximum absolute atomic E-state index is 12.5. The maximum Gasteiger partial charge on any atom is 0.232 e. The number of benzene rings is 1. The Balaban J connectivity index is 2.43. The standard InChI is InChI=1S/C7H5FO3/c8-5-1-2-6-7(3-5)9-4-10-11-6/h1-3H,4H2. The minimum absolute atomic E-state index is 0.00352. The van der Waals surface area contributed by atoms with Gasteiger partial charge in [-0.25, -0.2) is 4.39 Å². The van der Waals surface area contributed by atoms with Crippen LogP contribution in [-0.4, -0.2) is 6.79 Å². The molecule has 1 aromatic carbocycles. The maximum atomic E-state index is 12.5. The smallest absolute Gasteiger partial charge is 0.232 e. The monoisotopic (exact) mass is 156 g/mol. The van der Waals surface area contributed by atoms with Crippen LogP contribution in [0.2, 0.25) is 0 Å². The van der Waals surface area contributed by atoms with Crippen LogP contribution in [0.4, 0.5) is 4.39 Å². The molecule has 0 saturated carbocycles. The molecule has 1 heterocycles. The molecule has 1 aromatic rings. The van der Waals surface area contributed by atoms with Gasteiger partial charge in [0.05, 0.1) is 0 Å². The highest BCUT2D eigenvalue weighted by molar-refractivity contribution is 5.39. The van der Waals surface area contributed by atoms with Crippen molar-refractivity contribution < 1.29 is 18.9 Å². The molecule has 0 unspecified atom stereocenters. The van der Waals surface area contributed by atoms with Crippen LogP contribution in [0.3, 0.4) is 0 Å². The summed E-state index contributed by atoms with van der Waals surface area (Å²) >= 11 is 0. The SMILES string of the molecule is Fc1ccc2c(c1)OCOO2. The zero-order chi connectivity index (χ0) is 7.68. The number of ether oxygens (including phenoxy) is 1. The van der Waals surface area contributed by atoms with E-state index in [9.17, 15) is 4.39 Å². The number of hydrogen-bond acceptors (Lipinski definition) is 3. The average Bonchev–Trinajstić information content (AvgIpc) is 2.04. The lowest BCUT2D eigenvalue weighted by Crippen LogP contribution is -2.12. The third-order valence-corrected chi connectivity index (χ3v) is 1.32. The van der Waals surface area contributed by atoms with E-state index < -0.39 is 0 Å². The quantitative estimate of drug-likeness (QED) is 0.532. The predicted octanol–water partition coefficient (Wildman–Crippen LogP) is 1.49. The second-order valence-corrected chi connectivity index (χ2v) is 2.05. The summed E-state index contributed by atoms with van der Waals surface area (Å²) < 4.78 is 17.4. The van der Waals surface area contributed by atoms with E-state index in [1.165, 1.54) is 18.2 Å². The van der Waals surface area contributed by atoms with E-state index in [1.807, 2.05) is 0 Å². The zero-order valence-corrected chi connectivity index (χ0v) is 5.54. The summed E-state index contributed by atoms with van der Waals surface area (Å²) in [6.07, 6.45) is 0. The van der Waals surface area contributed by atoms with Crippen LogP contribution < -0.4 is 9.62 Å². The van der Waals surface area contributed by atoms with Crippen LogP contribution in [0, 0.1) is 5.82 Å². The molecule has 0 amide bonds. The van der Waals surface area contributed by atoms with Crippen molar-refractivity contribution in [2.24, 2.45) is 0 Å². The molecule has 1 aliphatic heterocycles. The predicted molar refractivity (Wildman–Crippen MR) is 33.6 cm³/mol. The van der Waals surface area contributed by atoms with Crippen LogP contribution >= 0.6 is 0 Å². The molecule has 4 heteroatoms. The van der Waals surface area contributed by atoms with Crippen LogP contribution in [0.25, 0.3) is 0 Å². The fraction of sp³-hybridized carbons (Fsp3) is 0.143. The molecule has 58 valence electrons. The molecule has 2 rings (SSSR count). The van der Waals surface area contributed by atoms with Gasteiger partial charge in [0, 0.05) is 6.07 Å². The van der Waals surface area contributed by atoms with Gasteiger partial charge >= 0.3 is 0 Å². The highest BCUT2D eigenvalue weighted by atomic mass is 19.1. The Bertz CT molecular complexity index is 274. The lowest BCUT2D eigenvalue weighted by Gasteiger charge is -2.15. The summed E-state index contributed by atoms with van der Waals surface area (Å²) in [6.45, 7) is -0.00352. The lowest BCUT2D eigenvalue weighted by atomic mass is 10.3. The van der Waals surface area contributed by atoms with E-state index in [0.717, 1.165) is 0 Å². The van der Waals surface area contributed by atoms with Gasteiger partial charge in [-0.2, -0.15) is 0 Å². The van der Waals surface area contributed by atoms with E-state index in [1.54, 1.807) is 0 Å². The van der Waals surface area contributed by atoms with E-state index in [0.29, 0.717) is 11.5 Å². The van der Waals surface area contributed by atoms with Crippen molar-refractivity contribution in [3.8, 4) is 11.5 Å². The molecule has 0 saturated heterocycles. The Morgan fingerprint density at radius 1 is 1.27 bits per heavy atom. The highest BCUT2D eigenvalue weighted by Gasteiger charge is 2.12. The van der Waals surface area contributed by atoms with Crippen molar-refractivity contribution in [3.63, 3.8) is 0 Å². The zero-order valence-electron chi connectivity index (χ0n) is 5.54. The van der Waals surface area contributed by atoms with E-state index in [4.69, 9.17) is 4.74 Å². The topological polar surface area (TPSA) is 27.7 Å². The minimum Gasteiger partial charge on any atom is -0.459 e. The van der Waals surface area contributed by atoms with Gasteiger partial charge in [-0.15, -0.1) is 4.89 Å². The summed E-state index contributed by atoms with van der Waals surface area (Å²) in [5.41, 5.74) is 0. The summed E-state index contributed by atoms with van der Waals surface area (Å²) in [4.78, 5) is 9.18. The van der Waals surface area contributed by atoms with Crippen molar-refractivity contribution in [2.75, 3.05) is 6.79 Å². The van der Waals surface area contributed by atoms with Gasteiger partial charge in [-0.1, -0.05) is 0 Å². The van der Waals surface area contributed by atoms with Crippen LogP contribution in [-0.2, 0) is 4.89 Å². The van der Waals surface area contributed by atoms with Gasteiger partial charge in [0.25, 0.3) is 0 Å². The summed E-state index contributed by atoms with van der Waals surface area (Å²) in [5, 5.41) is 0. The summed E-state index contributed by atoms with van der Waals surface area (Å²) in [5.74, 6) is 0.420. The van der Waals surface area contributed by atoms with Crippen molar-refractivity contribution in [1.82, 2.24) is 0 Å². The van der Waals surface area contributed by atoms with E-state index in [2.05, 4.69) is 9.78 Å². The Kier molecular flexibility index (Phi) is 1.40. The Morgan fingerprint density at radius 2 is 2.18 bits per heavy atom. The fourth-order valence-electron chi connectivity index (χ4n) is 0.839. The molecule has 0 N–H and O–H groups in total.